The van der Waals surface area contributed by atoms with Crippen LogP contribution in [0.25, 0.3) is 0 Å². The van der Waals surface area contributed by atoms with E-state index in [0.29, 0.717) is 54.4 Å². The summed E-state index contributed by atoms with van der Waals surface area (Å²) in [5.41, 5.74) is 1.88. The topological polar surface area (TPSA) is 58.6 Å². The highest BCUT2D eigenvalue weighted by Gasteiger charge is 2.43. The van der Waals surface area contributed by atoms with E-state index in [4.69, 9.17) is 16.3 Å². The van der Waals surface area contributed by atoms with Gasteiger partial charge in [-0.15, -0.1) is 0 Å². The number of piperidine rings is 1. The molecule has 1 N–H and O–H groups in total. The van der Waals surface area contributed by atoms with Gasteiger partial charge in [0.15, 0.2) is 5.78 Å². The van der Waals surface area contributed by atoms with Crippen molar-refractivity contribution in [3.63, 3.8) is 0 Å². The highest BCUT2D eigenvalue weighted by atomic mass is 35.5. The molecule has 27 heavy (non-hydrogen) atoms. The van der Waals surface area contributed by atoms with Gasteiger partial charge in [0.1, 0.15) is 11.4 Å². The van der Waals surface area contributed by atoms with Crippen LogP contribution in [-0.2, 0) is 0 Å². The lowest BCUT2D eigenvalue weighted by atomic mass is 9.82. The highest BCUT2D eigenvalue weighted by Crippen LogP contribution is 2.39. The number of fused-ring (bicyclic) bond motifs is 1. The van der Waals surface area contributed by atoms with Crippen LogP contribution in [-0.4, -0.2) is 35.4 Å². The van der Waals surface area contributed by atoms with Crippen LogP contribution < -0.4 is 10.1 Å². The van der Waals surface area contributed by atoms with Gasteiger partial charge < -0.3 is 15.0 Å². The van der Waals surface area contributed by atoms with E-state index in [1.165, 1.54) is 0 Å². The highest BCUT2D eigenvalue weighted by molar-refractivity contribution is 6.30. The standard InChI is InChI=1S/C21H21ClN2O3/c1-14-5-6-19-17(11-14)18(25)13-21(27-19)7-9-24(10-8-21)20(26)23-16-4-2-3-15(22)12-16/h2-6,11-12H,7-10,13H2,1H3,(H,23,26). The maximum absolute atomic E-state index is 12.6. The molecule has 140 valence electrons. The van der Waals surface area contributed by atoms with Gasteiger partial charge in [-0.1, -0.05) is 29.3 Å². The van der Waals surface area contributed by atoms with Gasteiger partial charge in [0, 0.05) is 36.6 Å². The van der Waals surface area contributed by atoms with Crippen LogP contribution in [0.2, 0.25) is 5.02 Å². The zero-order chi connectivity index (χ0) is 19.0. The molecule has 0 aromatic heterocycles. The van der Waals surface area contributed by atoms with Crippen LogP contribution in [0.5, 0.6) is 5.75 Å². The van der Waals surface area contributed by atoms with Crippen LogP contribution in [0.1, 0.15) is 35.2 Å². The first-order valence-corrected chi connectivity index (χ1v) is 9.46. The summed E-state index contributed by atoms with van der Waals surface area (Å²) in [7, 11) is 0. The number of carbonyl (C=O) groups is 2. The molecule has 0 radical (unpaired) electrons. The van der Waals surface area contributed by atoms with Crippen LogP contribution in [0.4, 0.5) is 10.5 Å². The van der Waals surface area contributed by atoms with Crippen molar-refractivity contribution in [2.45, 2.75) is 31.8 Å². The van der Waals surface area contributed by atoms with Crippen LogP contribution in [0.3, 0.4) is 0 Å². The van der Waals surface area contributed by atoms with E-state index in [9.17, 15) is 9.59 Å². The van der Waals surface area contributed by atoms with E-state index < -0.39 is 5.60 Å². The van der Waals surface area contributed by atoms with E-state index in [-0.39, 0.29) is 11.8 Å². The predicted molar refractivity (Wildman–Crippen MR) is 105 cm³/mol. The van der Waals surface area contributed by atoms with E-state index in [0.717, 1.165) is 5.56 Å². The molecule has 0 bridgehead atoms. The summed E-state index contributed by atoms with van der Waals surface area (Å²) in [6.07, 6.45) is 1.64. The molecular formula is C21H21ClN2O3. The largest absolute Gasteiger partial charge is 0.486 e. The van der Waals surface area contributed by atoms with Crippen molar-refractivity contribution in [1.82, 2.24) is 4.90 Å². The third kappa shape index (κ3) is 3.65. The predicted octanol–water partition coefficient (Wildman–Crippen LogP) is 4.68. The fourth-order valence-corrected chi connectivity index (χ4v) is 3.96. The first-order valence-electron chi connectivity index (χ1n) is 9.09. The van der Waals surface area contributed by atoms with Crippen molar-refractivity contribution in [2.75, 3.05) is 18.4 Å². The lowest BCUT2D eigenvalue weighted by molar-refractivity contribution is 0.000368. The minimum Gasteiger partial charge on any atom is -0.486 e. The Morgan fingerprint density at radius 1 is 1.19 bits per heavy atom. The molecule has 0 unspecified atom stereocenters. The molecule has 2 amide bonds. The van der Waals surface area contributed by atoms with E-state index in [2.05, 4.69) is 5.32 Å². The molecular weight excluding hydrogens is 364 g/mol. The number of carbonyl (C=O) groups excluding carboxylic acids is 2. The zero-order valence-corrected chi connectivity index (χ0v) is 15.9. The summed E-state index contributed by atoms with van der Waals surface area (Å²) in [6.45, 7) is 3.05. The molecule has 0 atom stereocenters. The SMILES string of the molecule is Cc1ccc2c(c1)C(=O)CC1(CCN(C(=O)Nc3cccc(Cl)c3)CC1)O2. The van der Waals surface area contributed by atoms with Gasteiger partial charge in [-0.3, -0.25) is 4.79 Å². The number of hydrogen-bond donors (Lipinski definition) is 1. The molecule has 1 fully saturated rings. The Bertz CT molecular complexity index is 904. The summed E-state index contributed by atoms with van der Waals surface area (Å²) in [4.78, 5) is 26.9. The molecule has 4 rings (SSSR count). The second-order valence-corrected chi connectivity index (χ2v) is 7.75. The molecule has 6 heteroatoms. The van der Waals surface area contributed by atoms with Gasteiger partial charge in [-0.2, -0.15) is 0 Å². The van der Waals surface area contributed by atoms with Crippen molar-refractivity contribution in [2.24, 2.45) is 0 Å². The molecule has 2 aliphatic rings. The fourth-order valence-electron chi connectivity index (χ4n) is 3.77. The summed E-state index contributed by atoms with van der Waals surface area (Å²) < 4.78 is 6.25. The quantitative estimate of drug-likeness (QED) is 0.776. The number of aryl methyl sites for hydroxylation is 1. The minimum absolute atomic E-state index is 0.122. The number of halogens is 1. The minimum atomic E-state index is -0.508. The van der Waals surface area contributed by atoms with Crippen molar-refractivity contribution >= 4 is 29.1 Å². The number of likely N-dealkylation sites (tertiary alicyclic amines) is 1. The van der Waals surface area contributed by atoms with Gasteiger partial charge in [-0.25, -0.2) is 4.79 Å². The summed E-state index contributed by atoms with van der Waals surface area (Å²) >= 11 is 5.96. The Labute approximate surface area is 163 Å². The smallest absolute Gasteiger partial charge is 0.321 e. The summed E-state index contributed by atoms with van der Waals surface area (Å²) in [5.74, 6) is 0.783. The van der Waals surface area contributed by atoms with Crippen LogP contribution in [0, 0.1) is 6.92 Å². The third-order valence-corrected chi connectivity index (χ3v) is 5.52. The molecule has 2 aromatic carbocycles. The van der Waals surface area contributed by atoms with Gasteiger partial charge in [0.05, 0.1) is 12.0 Å². The number of nitrogens with zero attached hydrogens (tertiary/aromatic N) is 1. The van der Waals surface area contributed by atoms with Gasteiger partial charge in [-0.05, 0) is 37.3 Å². The zero-order valence-electron chi connectivity index (χ0n) is 15.1. The second kappa shape index (κ2) is 6.89. The van der Waals surface area contributed by atoms with Crippen molar-refractivity contribution in [1.29, 1.82) is 0 Å². The lowest BCUT2D eigenvalue weighted by Crippen LogP contribution is -2.53. The average Bonchev–Trinajstić information content (AvgIpc) is 2.63. The second-order valence-electron chi connectivity index (χ2n) is 7.31. The molecule has 2 heterocycles. The van der Waals surface area contributed by atoms with Gasteiger partial charge >= 0.3 is 6.03 Å². The number of benzene rings is 2. The lowest BCUT2D eigenvalue weighted by Gasteiger charge is -2.43. The van der Waals surface area contributed by atoms with Crippen molar-refractivity contribution in [3.05, 3.63) is 58.6 Å². The number of urea groups is 1. The number of hydrogen-bond acceptors (Lipinski definition) is 3. The summed E-state index contributed by atoms with van der Waals surface area (Å²) in [6, 6.07) is 12.6. The number of ketones is 1. The average molecular weight is 385 g/mol. The Kier molecular flexibility index (Phi) is 4.56. The fraction of sp³-hybridized carbons (Fsp3) is 0.333. The number of anilines is 1. The Morgan fingerprint density at radius 2 is 1.96 bits per heavy atom. The van der Waals surface area contributed by atoms with Crippen molar-refractivity contribution < 1.29 is 14.3 Å². The first-order chi connectivity index (χ1) is 12.9. The maximum atomic E-state index is 12.6. The number of amides is 2. The summed E-state index contributed by atoms with van der Waals surface area (Å²) in [5, 5.41) is 3.45. The maximum Gasteiger partial charge on any atom is 0.321 e. The number of nitrogens with one attached hydrogen (secondary N) is 1. The molecule has 0 saturated carbocycles. The molecule has 5 nitrogen and oxygen atoms in total. The van der Waals surface area contributed by atoms with Crippen LogP contribution >= 0.6 is 11.6 Å². The number of ether oxygens (including phenoxy) is 1. The Hall–Kier alpha value is -2.53. The molecule has 2 aliphatic heterocycles. The third-order valence-electron chi connectivity index (χ3n) is 5.28. The number of Topliss-reactive ketones (excluding diaryl/α,β-unsaturated/α-hetero) is 1. The Morgan fingerprint density at radius 3 is 2.70 bits per heavy atom. The Balaban J connectivity index is 1.42. The van der Waals surface area contributed by atoms with E-state index in [1.54, 1.807) is 29.2 Å². The monoisotopic (exact) mass is 384 g/mol. The number of rotatable bonds is 1. The van der Waals surface area contributed by atoms with Gasteiger partial charge in [0.2, 0.25) is 0 Å². The normalized spacial score (nSPS) is 18.0. The molecule has 0 aliphatic carbocycles. The van der Waals surface area contributed by atoms with Gasteiger partial charge in [0.25, 0.3) is 0 Å². The van der Waals surface area contributed by atoms with Crippen LogP contribution in [0.15, 0.2) is 42.5 Å². The molecule has 1 saturated heterocycles. The molecule has 1 spiro atoms. The van der Waals surface area contributed by atoms with Crippen molar-refractivity contribution in [3.8, 4) is 5.75 Å². The van der Waals surface area contributed by atoms with E-state index in [1.807, 2.05) is 25.1 Å². The van der Waals surface area contributed by atoms with E-state index >= 15 is 0 Å². The first kappa shape index (κ1) is 17.9. The molecule has 2 aromatic rings.